The van der Waals surface area contributed by atoms with Crippen LogP contribution in [0.4, 0.5) is 10.5 Å². The Morgan fingerprint density at radius 3 is 2.25 bits per heavy atom. The summed E-state index contributed by atoms with van der Waals surface area (Å²) < 4.78 is 0. The van der Waals surface area contributed by atoms with Crippen molar-refractivity contribution >= 4 is 34.3 Å². The molecular weight excluding hydrogens is 402 g/mol. The number of fused-ring (bicyclic) bond motifs is 1. The van der Waals surface area contributed by atoms with Gasteiger partial charge in [0.25, 0.3) is 5.91 Å². The van der Waals surface area contributed by atoms with Crippen LogP contribution < -0.4 is 10.6 Å². The lowest BCUT2D eigenvalue weighted by Gasteiger charge is -2.12. The molecule has 2 N–H and O–H groups in total. The Labute approximate surface area is 185 Å². The molecule has 0 aliphatic heterocycles. The van der Waals surface area contributed by atoms with Gasteiger partial charge in [0.2, 0.25) is 0 Å². The summed E-state index contributed by atoms with van der Waals surface area (Å²) in [5.41, 5.74) is 4.34. The van der Waals surface area contributed by atoms with Gasteiger partial charge in [-0.05, 0) is 50.2 Å². The zero-order valence-corrected chi connectivity index (χ0v) is 17.7. The molecule has 1 aromatic heterocycles. The number of hydrogen-bond acceptors (Lipinski definition) is 4. The molecule has 3 amide bonds. The molecule has 0 atom stereocenters. The third-order valence-corrected chi connectivity index (χ3v) is 5.07. The van der Waals surface area contributed by atoms with Gasteiger partial charge in [0.1, 0.15) is 0 Å². The van der Waals surface area contributed by atoms with Crippen molar-refractivity contribution < 1.29 is 14.4 Å². The number of rotatable bonds is 4. The Morgan fingerprint density at radius 1 is 0.844 bits per heavy atom. The first kappa shape index (κ1) is 20.9. The van der Waals surface area contributed by atoms with Crippen molar-refractivity contribution in [3.63, 3.8) is 0 Å². The van der Waals surface area contributed by atoms with Crippen LogP contribution in [0.5, 0.6) is 0 Å². The number of carbonyl (C=O) groups excluding carboxylic acids is 3. The molecule has 0 bridgehead atoms. The summed E-state index contributed by atoms with van der Waals surface area (Å²) in [5, 5.41) is 5.53. The maximum absolute atomic E-state index is 13.1. The smallest absolute Gasteiger partial charge is 0.308 e. The minimum Gasteiger partial charge on any atom is -0.308 e. The number of anilines is 1. The second kappa shape index (κ2) is 8.81. The number of pyridine rings is 1. The molecule has 0 saturated heterocycles. The fourth-order valence-electron chi connectivity index (χ4n) is 3.36. The van der Waals surface area contributed by atoms with Crippen LogP contribution in [0, 0.1) is 6.92 Å². The molecule has 0 unspecified atom stereocenters. The molecule has 6 nitrogen and oxygen atoms in total. The monoisotopic (exact) mass is 423 g/mol. The van der Waals surface area contributed by atoms with E-state index in [2.05, 4.69) is 15.6 Å². The number of benzene rings is 3. The normalized spacial score (nSPS) is 10.6. The van der Waals surface area contributed by atoms with Gasteiger partial charge in [-0.3, -0.25) is 14.9 Å². The summed E-state index contributed by atoms with van der Waals surface area (Å²) in [6.45, 7) is 3.41. The molecule has 0 radical (unpaired) electrons. The molecule has 0 saturated carbocycles. The average molecular weight is 423 g/mol. The van der Waals surface area contributed by atoms with Crippen molar-refractivity contribution in [1.29, 1.82) is 0 Å². The van der Waals surface area contributed by atoms with E-state index in [4.69, 9.17) is 0 Å². The van der Waals surface area contributed by atoms with Gasteiger partial charge in [0, 0.05) is 22.2 Å². The molecule has 0 fully saturated rings. The fourth-order valence-corrected chi connectivity index (χ4v) is 3.36. The van der Waals surface area contributed by atoms with Crippen LogP contribution >= 0.6 is 0 Å². The first-order valence-electron chi connectivity index (χ1n) is 10.1. The van der Waals surface area contributed by atoms with Crippen molar-refractivity contribution in [2.24, 2.45) is 0 Å². The highest BCUT2D eigenvalue weighted by molar-refractivity contribution is 6.15. The van der Waals surface area contributed by atoms with Gasteiger partial charge in [-0.25, -0.2) is 9.78 Å². The third kappa shape index (κ3) is 4.54. The Bertz CT molecular complexity index is 1330. The lowest BCUT2D eigenvalue weighted by molar-refractivity contribution is 0.0966. The lowest BCUT2D eigenvalue weighted by Crippen LogP contribution is -2.34. The van der Waals surface area contributed by atoms with Crippen LogP contribution in [0.15, 0.2) is 78.9 Å². The van der Waals surface area contributed by atoms with E-state index < -0.39 is 11.9 Å². The van der Waals surface area contributed by atoms with E-state index in [1.54, 1.807) is 36.4 Å². The highest BCUT2D eigenvalue weighted by Crippen LogP contribution is 2.26. The predicted molar refractivity (Wildman–Crippen MR) is 125 cm³/mol. The third-order valence-electron chi connectivity index (χ3n) is 5.07. The maximum Gasteiger partial charge on any atom is 0.326 e. The highest BCUT2D eigenvalue weighted by Gasteiger charge is 2.17. The fraction of sp³-hybridized carbons (Fsp3) is 0.0769. The first-order valence-corrected chi connectivity index (χ1v) is 10.1. The molecule has 4 aromatic rings. The number of aryl methyl sites for hydroxylation is 1. The lowest BCUT2D eigenvalue weighted by atomic mass is 10.0. The van der Waals surface area contributed by atoms with E-state index in [0.717, 1.165) is 11.1 Å². The van der Waals surface area contributed by atoms with Gasteiger partial charge < -0.3 is 5.32 Å². The summed E-state index contributed by atoms with van der Waals surface area (Å²) in [6, 6.07) is 22.7. The van der Waals surface area contributed by atoms with E-state index in [9.17, 15) is 14.4 Å². The second-order valence-corrected chi connectivity index (χ2v) is 7.48. The summed E-state index contributed by atoms with van der Waals surface area (Å²) in [7, 11) is 0. The van der Waals surface area contributed by atoms with Crippen molar-refractivity contribution in [3.05, 3.63) is 95.6 Å². The number of Topliss-reactive ketones (excluding diaryl/α,β-unsaturated/α-hetero) is 1. The van der Waals surface area contributed by atoms with Crippen molar-refractivity contribution in [1.82, 2.24) is 10.3 Å². The van der Waals surface area contributed by atoms with Gasteiger partial charge >= 0.3 is 6.03 Å². The molecule has 158 valence electrons. The molecule has 3 aromatic carbocycles. The molecular formula is C26H21N3O3. The number of carbonyl (C=O) groups is 3. The molecule has 1 heterocycles. The Balaban J connectivity index is 1.71. The summed E-state index contributed by atoms with van der Waals surface area (Å²) >= 11 is 0. The number of nitrogens with zero attached hydrogens (tertiary/aromatic N) is 1. The number of aromatic nitrogens is 1. The van der Waals surface area contributed by atoms with Gasteiger partial charge in [-0.1, -0.05) is 48.0 Å². The van der Waals surface area contributed by atoms with Crippen LogP contribution in [-0.2, 0) is 0 Å². The van der Waals surface area contributed by atoms with Crippen molar-refractivity contribution in [2.45, 2.75) is 13.8 Å². The van der Waals surface area contributed by atoms with Gasteiger partial charge in [0.05, 0.1) is 16.8 Å². The van der Waals surface area contributed by atoms with Crippen LogP contribution in [-0.4, -0.2) is 22.7 Å². The van der Waals surface area contributed by atoms with E-state index in [-0.39, 0.29) is 11.3 Å². The van der Waals surface area contributed by atoms with E-state index in [1.165, 1.54) is 6.92 Å². The van der Waals surface area contributed by atoms with Crippen LogP contribution in [0.1, 0.15) is 33.2 Å². The van der Waals surface area contributed by atoms with E-state index in [1.807, 2.05) is 49.4 Å². The largest absolute Gasteiger partial charge is 0.326 e. The molecule has 0 spiro atoms. The number of hydrogen-bond donors (Lipinski definition) is 2. The summed E-state index contributed by atoms with van der Waals surface area (Å²) in [4.78, 5) is 42.1. The van der Waals surface area contributed by atoms with Crippen LogP contribution in [0.25, 0.3) is 22.2 Å². The maximum atomic E-state index is 13.1. The van der Waals surface area contributed by atoms with E-state index in [0.29, 0.717) is 27.8 Å². The first-order chi connectivity index (χ1) is 15.4. The molecule has 0 aliphatic carbocycles. The molecule has 6 heteroatoms. The standard InChI is InChI=1S/C26H21N3O3/c1-16-8-11-20(12-9-16)27-26(32)29-25(31)22-15-24(18-6-4-3-5-7-18)28-23-13-10-19(17(2)30)14-21(22)23/h3-15H,1-2H3,(H2,27,29,31,32). The SMILES string of the molecule is CC(=O)c1ccc2nc(-c3ccccc3)cc(C(=O)NC(=O)Nc3ccc(C)cc3)c2c1. The molecule has 0 aliphatic rings. The molecule has 32 heavy (non-hydrogen) atoms. The van der Waals surface area contributed by atoms with E-state index >= 15 is 0 Å². The summed E-state index contributed by atoms with van der Waals surface area (Å²) in [5.74, 6) is -0.706. The Kier molecular flexibility index (Phi) is 5.77. The minimum atomic E-state index is -0.646. The quantitative estimate of drug-likeness (QED) is 0.432. The van der Waals surface area contributed by atoms with Crippen LogP contribution in [0.3, 0.4) is 0 Å². The Morgan fingerprint density at radius 2 is 1.56 bits per heavy atom. The van der Waals surface area contributed by atoms with Gasteiger partial charge in [-0.2, -0.15) is 0 Å². The number of imide groups is 1. The van der Waals surface area contributed by atoms with Crippen molar-refractivity contribution in [3.8, 4) is 11.3 Å². The Hall–Kier alpha value is -4.32. The zero-order valence-electron chi connectivity index (χ0n) is 17.7. The predicted octanol–water partition coefficient (Wildman–Crippen LogP) is 5.37. The van der Waals surface area contributed by atoms with Gasteiger partial charge in [0.15, 0.2) is 5.78 Å². The van der Waals surface area contributed by atoms with Crippen LogP contribution in [0.2, 0.25) is 0 Å². The van der Waals surface area contributed by atoms with Gasteiger partial charge in [-0.15, -0.1) is 0 Å². The zero-order chi connectivity index (χ0) is 22.7. The van der Waals surface area contributed by atoms with Crippen molar-refractivity contribution in [2.75, 3.05) is 5.32 Å². The summed E-state index contributed by atoms with van der Waals surface area (Å²) in [6.07, 6.45) is 0. The number of nitrogens with one attached hydrogen (secondary N) is 2. The number of urea groups is 1. The number of amides is 3. The average Bonchev–Trinajstić information content (AvgIpc) is 2.80. The topological polar surface area (TPSA) is 88.2 Å². The minimum absolute atomic E-state index is 0.123. The second-order valence-electron chi connectivity index (χ2n) is 7.48. The highest BCUT2D eigenvalue weighted by atomic mass is 16.2. The molecule has 4 rings (SSSR count). The number of ketones is 1.